The fourth-order valence-corrected chi connectivity index (χ4v) is 2.11. The Morgan fingerprint density at radius 2 is 2.00 bits per heavy atom. The van der Waals surface area contributed by atoms with E-state index >= 15 is 0 Å². The molecule has 0 aromatic heterocycles. The van der Waals surface area contributed by atoms with Crippen LogP contribution < -0.4 is 0 Å². The van der Waals surface area contributed by atoms with E-state index in [1.54, 1.807) is 0 Å². The van der Waals surface area contributed by atoms with Gasteiger partial charge < -0.3 is 0 Å². The Bertz CT molecular complexity index is 473. The van der Waals surface area contributed by atoms with Gasteiger partial charge in [0.25, 0.3) is 0 Å². The smallest absolute Gasteiger partial charge is 0.0201 e. The molecule has 96 valence electrons. The minimum Gasteiger partial charge on any atom is -0.0955 e. The number of aryl methyl sites for hydroxylation is 2. The van der Waals surface area contributed by atoms with Crippen molar-refractivity contribution in [1.82, 2.24) is 0 Å². The molecular formula is C18H24. The van der Waals surface area contributed by atoms with Crippen LogP contribution in [0, 0.1) is 6.92 Å². The first kappa shape index (κ1) is 14.5. The molecule has 0 aliphatic carbocycles. The highest BCUT2D eigenvalue weighted by Gasteiger charge is 2.02. The van der Waals surface area contributed by atoms with Crippen molar-refractivity contribution in [2.24, 2.45) is 0 Å². The lowest BCUT2D eigenvalue weighted by Crippen LogP contribution is -1.92. The van der Waals surface area contributed by atoms with Crippen LogP contribution in [0.1, 0.15) is 43.9 Å². The van der Waals surface area contributed by atoms with Gasteiger partial charge in [0, 0.05) is 0 Å². The Kier molecular flexibility index (Phi) is 5.64. The molecule has 0 radical (unpaired) electrons. The largest absolute Gasteiger partial charge is 0.0955 e. The van der Waals surface area contributed by atoms with Crippen LogP contribution in [-0.4, -0.2) is 0 Å². The summed E-state index contributed by atoms with van der Waals surface area (Å²) in [6.45, 7) is 12.4. The normalized spacial score (nSPS) is 12.1. The maximum Gasteiger partial charge on any atom is -0.0201 e. The van der Waals surface area contributed by atoms with Crippen molar-refractivity contribution in [3.63, 3.8) is 0 Å². The van der Waals surface area contributed by atoms with E-state index in [2.05, 4.69) is 70.7 Å². The first-order valence-electron chi connectivity index (χ1n) is 6.61. The lowest BCUT2D eigenvalue weighted by atomic mass is 9.96. The second-order valence-corrected chi connectivity index (χ2v) is 4.79. The molecule has 1 aromatic rings. The Balaban J connectivity index is 2.80. The van der Waals surface area contributed by atoms with Crippen molar-refractivity contribution in [1.29, 1.82) is 0 Å². The first-order chi connectivity index (χ1) is 8.58. The molecule has 1 aromatic carbocycles. The van der Waals surface area contributed by atoms with E-state index in [0.717, 1.165) is 18.4 Å². The summed E-state index contributed by atoms with van der Waals surface area (Å²) in [6.07, 6.45) is 8.66. The first-order valence-corrected chi connectivity index (χ1v) is 6.61. The molecule has 0 aliphatic heterocycles. The maximum atomic E-state index is 4.05. The monoisotopic (exact) mass is 240 g/mol. The molecule has 0 N–H and O–H groups in total. The molecule has 18 heavy (non-hydrogen) atoms. The third kappa shape index (κ3) is 4.03. The van der Waals surface area contributed by atoms with E-state index in [-0.39, 0.29) is 0 Å². The van der Waals surface area contributed by atoms with Crippen LogP contribution in [0.4, 0.5) is 0 Å². The van der Waals surface area contributed by atoms with Crippen molar-refractivity contribution in [2.45, 2.75) is 40.5 Å². The fraction of sp³-hybridized carbons (Fsp3) is 0.333. The second-order valence-electron chi connectivity index (χ2n) is 4.79. The van der Waals surface area contributed by atoms with Gasteiger partial charge in [0.1, 0.15) is 0 Å². The van der Waals surface area contributed by atoms with Crippen molar-refractivity contribution in [3.05, 3.63) is 65.3 Å². The summed E-state index contributed by atoms with van der Waals surface area (Å²) in [5.74, 6) is 0. The van der Waals surface area contributed by atoms with Crippen molar-refractivity contribution < 1.29 is 0 Å². The molecule has 0 bridgehead atoms. The molecule has 0 heteroatoms. The number of rotatable bonds is 5. The van der Waals surface area contributed by atoms with Gasteiger partial charge in [-0.2, -0.15) is 0 Å². The molecule has 0 nitrogen and oxygen atoms in total. The lowest BCUT2D eigenvalue weighted by molar-refractivity contribution is 0.960. The standard InChI is InChI=1S/C18H24/c1-6-8-16(7-2)11-12-17-10-9-15(5)18(13-17)14(3)4/h6-10,13H,3,11-12H2,1-2,4-5H3/b8-6-,16-7+. The molecule has 0 unspecified atom stereocenters. The molecule has 1 rings (SSSR count). The average Bonchev–Trinajstić information content (AvgIpc) is 2.35. The molecular weight excluding hydrogens is 216 g/mol. The Labute approximate surface area is 112 Å². The maximum absolute atomic E-state index is 4.05. The van der Waals surface area contributed by atoms with Gasteiger partial charge in [-0.25, -0.2) is 0 Å². The number of benzene rings is 1. The Hall–Kier alpha value is -1.56. The predicted molar refractivity (Wildman–Crippen MR) is 82.8 cm³/mol. The average molecular weight is 240 g/mol. The van der Waals surface area contributed by atoms with Gasteiger partial charge in [-0.1, -0.05) is 54.2 Å². The van der Waals surface area contributed by atoms with E-state index in [0.29, 0.717) is 0 Å². The van der Waals surface area contributed by atoms with Crippen LogP contribution in [0.15, 0.2) is 48.6 Å². The molecule has 0 heterocycles. The van der Waals surface area contributed by atoms with Crippen molar-refractivity contribution in [2.75, 3.05) is 0 Å². The van der Waals surface area contributed by atoms with Crippen LogP contribution in [0.5, 0.6) is 0 Å². The van der Waals surface area contributed by atoms with Gasteiger partial charge in [-0.15, -0.1) is 0 Å². The van der Waals surface area contributed by atoms with Crippen molar-refractivity contribution >= 4 is 5.57 Å². The summed E-state index contributed by atoms with van der Waals surface area (Å²) in [5.41, 5.74) is 6.54. The summed E-state index contributed by atoms with van der Waals surface area (Å²) in [7, 11) is 0. The molecule has 0 saturated carbocycles. The van der Waals surface area contributed by atoms with Gasteiger partial charge in [0.05, 0.1) is 0 Å². The van der Waals surface area contributed by atoms with Gasteiger partial charge in [0.2, 0.25) is 0 Å². The van der Waals surface area contributed by atoms with Crippen LogP contribution in [0.2, 0.25) is 0 Å². The third-order valence-corrected chi connectivity index (χ3v) is 3.22. The molecule has 0 spiro atoms. The van der Waals surface area contributed by atoms with Crippen LogP contribution in [-0.2, 0) is 6.42 Å². The summed E-state index contributed by atoms with van der Waals surface area (Å²) in [5, 5.41) is 0. The zero-order valence-electron chi connectivity index (χ0n) is 12.1. The number of hydrogen-bond donors (Lipinski definition) is 0. The van der Waals surface area contributed by atoms with Crippen LogP contribution in [0.3, 0.4) is 0 Å². The zero-order chi connectivity index (χ0) is 13.5. The second kappa shape index (κ2) is 7.00. The highest BCUT2D eigenvalue weighted by Crippen LogP contribution is 2.20. The van der Waals surface area contributed by atoms with Gasteiger partial charge >= 0.3 is 0 Å². The van der Waals surface area contributed by atoms with E-state index in [1.165, 1.54) is 22.3 Å². The Morgan fingerprint density at radius 3 is 2.56 bits per heavy atom. The Morgan fingerprint density at radius 1 is 1.28 bits per heavy atom. The van der Waals surface area contributed by atoms with Crippen molar-refractivity contribution in [3.8, 4) is 0 Å². The molecule has 0 fully saturated rings. The highest BCUT2D eigenvalue weighted by atomic mass is 14.1. The zero-order valence-corrected chi connectivity index (χ0v) is 12.1. The number of allylic oxidation sites excluding steroid dienone is 5. The van der Waals surface area contributed by atoms with Gasteiger partial charge in [-0.3, -0.25) is 0 Å². The third-order valence-electron chi connectivity index (χ3n) is 3.22. The molecule has 0 atom stereocenters. The van der Waals surface area contributed by atoms with Crippen LogP contribution >= 0.6 is 0 Å². The summed E-state index contributed by atoms with van der Waals surface area (Å²) < 4.78 is 0. The van der Waals surface area contributed by atoms with E-state index in [9.17, 15) is 0 Å². The van der Waals surface area contributed by atoms with E-state index in [4.69, 9.17) is 0 Å². The van der Waals surface area contributed by atoms with E-state index in [1.807, 2.05) is 0 Å². The highest BCUT2D eigenvalue weighted by molar-refractivity contribution is 5.65. The topological polar surface area (TPSA) is 0 Å². The summed E-state index contributed by atoms with van der Waals surface area (Å²) in [6, 6.07) is 6.70. The summed E-state index contributed by atoms with van der Waals surface area (Å²) >= 11 is 0. The minimum atomic E-state index is 1.09. The molecule has 0 saturated heterocycles. The lowest BCUT2D eigenvalue weighted by Gasteiger charge is -2.09. The van der Waals surface area contributed by atoms with Gasteiger partial charge in [0.15, 0.2) is 0 Å². The predicted octanol–water partition coefficient (Wildman–Crippen LogP) is 5.48. The fourth-order valence-electron chi connectivity index (χ4n) is 2.11. The van der Waals surface area contributed by atoms with Crippen LogP contribution in [0.25, 0.3) is 5.57 Å². The van der Waals surface area contributed by atoms with Gasteiger partial charge in [-0.05, 0) is 57.2 Å². The molecule has 0 amide bonds. The SMILES string of the molecule is C=C(C)c1cc(CCC(/C=C\C)=C/C)ccc1C. The quantitative estimate of drug-likeness (QED) is 0.597. The number of hydrogen-bond acceptors (Lipinski definition) is 0. The van der Waals surface area contributed by atoms with E-state index < -0.39 is 0 Å². The minimum absolute atomic E-state index is 1.09. The summed E-state index contributed by atoms with van der Waals surface area (Å²) in [4.78, 5) is 0. The molecule has 0 aliphatic rings.